The van der Waals surface area contributed by atoms with Crippen molar-refractivity contribution in [2.75, 3.05) is 46.0 Å². The number of para-hydroxylation sites is 1. The first-order valence-electron chi connectivity index (χ1n) is 7.26. The van der Waals surface area contributed by atoms with Crippen LogP contribution in [0.2, 0.25) is 0 Å². The van der Waals surface area contributed by atoms with E-state index in [2.05, 4.69) is 10.1 Å². The molecule has 1 unspecified atom stereocenters. The molecule has 0 heterocycles. The predicted molar refractivity (Wildman–Crippen MR) is 84.1 cm³/mol. The Morgan fingerprint density at radius 3 is 2.22 bits per heavy atom. The van der Waals surface area contributed by atoms with Crippen molar-refractivity contribution in [3.63, 3.8) is 0 Å². The van der Waals surface area contributed by atoms with Gasteiger partial charge in [0.1, 0.15) is 19.8 Å². The van der Waals surface area contributed by atoms with Crippen molar-refractivity contribution in [1.29, 1.82) is 0 Å². The molecule has 0 aliphatic carbocycles. The molecule has 1 N–H and O–H groups in total. The van der Waals surface area contributed by atoms with Crippen LogP contribution in [0.3, 0.4) is 0 Å². The molecule has 0 fully saturated rings. The molecule has 0 aliphatic heterocycles. The Balaban J connectivity index is 2.47. The lowest BCUT2D eigenvalue weighted by Gasteiger charge is -2.20. The van der Waals surface area contributed by atoms with Crippen LogP contribution in [0.1, 0.15) is 6.42 Å². The minimum absolute atomic E-state index is 0.0837. The maximum atomic E-state index is 11.4. The van der Waals surface area contributed by atoms with Gasteiger partial charge < -0.3 is 24.3 Å². The number of nitrogens with one attached hydrogen (secondary N) is 1. The smallest absolute Gasteiger partial charge is 0.332 e. The van der Waals surface area contributed by atoms with Crippen LogP contribution in [0.4, 0.5) is 5.69 Å². The summed E-state index contributed by atoms with van der Waals surface area (Å²) < 4.78 is 19.6. The summed E-state index contributed by atoms with van der Waals surface area (Å²) in [4.78, 5) is 22.7. The fraction of sp³-hybridized carbons (Fsp3) is 0.500. The monoisotopic (exact) mass is 325 g/mol. The largest absolute Gasteiger partial charge is 0.464 e. The summed E-state index contributed by atoms with van der Waals surface area (Å²) >= 11 is 0. The molecule has 0 saturated heterocycles. The second-order valence-corrected chi connectivity index (χ2v) is 4.77. The number of anilines is 1. The molecule has 7 heteroatoms. The Kier molecular flexibility index (Phi) is 9.42. The molecule has 128 valence electrons. The van der Waals surface area contributed by atoms with E-state index >= 15 is 0 Å². The zero-order valence-corrected chi connectivity index (χ0v) is 13.4. The van der Waals surface area contributed by atoms with Crippen molar-refractivity contribution in [1.82, 2.24) is 0 Å². The first kappa shape index (κ1) is 18.9. The van der Waals surface area contributed by atoms with Gasteiger partial charge in [0.2, 0.25) is 0 Å². The quantitative estimate of drug-likeness (QED) is 0.613. The van der Waals surface area contributed by atoms with Gasteiger partial charge in [0.15, 0.2) is 0 Å². The molecule has 7 nitrogen and oxygen atoms in total. The van der Waals surface area contributed by atoms with E-state index in [1.807, 2.05) is 30.3 Å². The topological polar surface area (TPSA) is 83.1 Å². The van der Waals surface area contributed by atoms with E-state index in [9.17, 15) is 9.59 Å². The van der Waals surface area contributed by atoms with Crippen molar-refractivity contribution in [3.8, 4) is 0 Å². The van der Waals surface area contributed by atoms with Gasteiger partial charge in [0, 0.05) is 26.3 Å². The highest BCUT2D eigenvalue weighted by Gasteiger charge is 2.13. The van der Waals surface area contributed by atoms with Crippen molar-refractivity contribution >= 4 is 17.6 Å². The van der Waals surface area contributed by atoms with E-state index in [0.717, 1.165) is 5.69 Å². The first-order valence-corrected chi connectivity index (χ1v) is 7.26. The summed E-state index contributed by atoms with van der Waals surface area (Å²) in [6.07, 6.45) is 0.491. The fourth-order valence-corrected chi connectivity index (χ4v) is 1.79. The minimum Gasteiger partial charge on any atom is -0.464 e. The molecule has 1 aromatic carbocycles. The molecule has 0 bridgehead atoms. The van der Waals surface area contributed by atoms with E-state index in [-0.39, 0.29) is 32.5 Å². The van der Waals surface area contributed by atoms with Crippen LogP contribution >= 0.6 is 0 Å². The van der Waals surface area contributed by atoms with Gasteiger partial charge in [0.25, 0.3) is 0 Å². The minimum atomic E-state index is -0.441. The number of rotatable bonds is 11. The Morgan fingerprint density at radius 2 is 1.61 bits per heavy atom. The Labute approximate surface area is 135 Å². The van der Waals surface area contributed by atoms with Crippen LogP contribution in [0.5, 0.6) is 0 Å². The molecule has 0 aromatic heterocycles. The molecule has 0 radical (unpaired) electrons. The number of ether oxygens (including phenoxy) is 4. The second-order valence-electron chi connectivity index (χ2n) is 4.77. The molecule has 1 rings (SSSR count). The van der Waals surface area contributed by atoms with E-state index in [0.29, 0.717) is 6.42 Å². The maximum Gasteiger partial charge on any atom is 0.332 e. The predicted octanol–water partition coefficient (Wildman–Crippen LogP) is 1.24. The van der Waals surface area contributed by atoms with Crippen LogP contribution in [0.25, 0.3) is 0 Å². The molecule has 0 aliphatic rings. The van der Waals surface area contributed by atoms with Gasteiger partial charge in [0.05, 0.1) is 12.6 Å². The number of esters is 2. The van der Waals surface area contributed by atoms with Gasteiger partial charge in [-0.15, -0.1) is 0 Å². The van der Waals surface area contributed by atoms with Crippen molar-refractivity contribution in [3.05, 3.63) is 30.3 Å². The summed E-state index contributed by atoms with van der Waals surface area (Å²) in [6, 6.07) is 9.32. The van der Waals surface area contributed by atoms with Gasteiger partial charge in [-0.05, 0) is 12.1 Å². The third-order valence-electron chi connectivity index (χ3n) is 2.84. The summed E-state index contributed by atoms with van der Waals surface area (Å²) in [6.45, 7) is 0.175. The van der Waals surface area contributed by atoms with Crippen molar-refractivity contribution in [2.45, 2.75) is 12.5 Å². The second kappa shape index (κ2) is 11.4. The van der Waals surface area contributed by atoms with Crippen LogP contribution in [0, 0.1) is 0 Å². The lowest BCUT2D eigenvalue weighted by molar-refractivity contribution is -0.150. The van der Waals surface area contributed by atoms with Gasteiger partial charge in [-0.1, -0.05) is 18.2 Å². The lowest BCUT2D eigenvalue weighted by atomic mass is 10.2. The normalized spacial score (nSPS) is 11.6. The number of benzene rings is 1. The molecule has 1 aromatic rings. The average Bonchev–Trinajstić information content (AvgIpc) is 2.54. The lowest BCUT2D eigenvalue weighted by Crippen LogP contribution is -2.30. The van der Waals surface area contributed by atoms with Crippen LogP contribution in [0.15, 0.2) is 30.3 Å². The van der Waals surface area contributed by atoms with Gasteiger partial charge in [-0.25, -0.2) is 9.59 Å². The Morgan fingerprint density at radius 1 is 1.00 bits per heavy atom. The molecule has 1 atom stereocenters. The summed E-state index contributed by atoms with van der Waals surface area (Å²) in [5.74, 6) is -0.869. The van der Waals surface area contributed by atoms with E-state index in [4.69, 9.17) is 14.2 Å². The average molecular weight is 325 g/mol. The van der Waals surface area contributed by atoms with Crippen LogP contribution in [-0.4, -0.2) is 58.6 Å². The van der Waals surface area contributed by atoms with Crippen LogP contribution in [-0.2, 0) is 28.5 Å². The summed E-state index contributed by atoms with van der Waals surface area (Å²) in [5, 5.41) is 3.24. The van der Waals surface area contributed by atoms with Crippen molar-refractivity contribution < 1.29 is 28.5 Å². The zero-order valence-electron chi connectivity index (χ0n) is 13.4. The number of carbonyl (C=O) groups is 2. The van der Waals surface area contributed by atoms with Crippen molar-refractivity contribution in [2.24, 2.45) is 0 Å². The van der Waals surface area contributed by atoms with Gasteiger partial charge >= 0.3 is 11.9 Å². The highest BCUT2D eigenvalue weighted by Crippen LogP contribution is 2.09. The number of hydrogen-bond acceptors (Lipinski definition) is 7. The highest BCUT2D eigenvalue weighted by atomic mass is 16.6. The maximum absolute atomic E-state index is 11.4. The van der Waals surface area contributed by atoms with Crippen LogP contribution < -0.4 is 5.32 Å². The van der Waals surface area contributed by atoms with Gasteiger partial charge in [-0.3, -0.25) is 0 Å². The number of hydrogen-bond donors (Lipinski definition) is 1. The Hall–Kier alpha value is -2.12. The standard InChI is InChI=1S/C16H23NO6/c1-20-11-15(18)22-9-8-14(10-23-16(19)12-21-2)17-13-6-4-3-5-7-13/h3-7,14,17H,8-12H2,1-2H3. The third kappa shape index (κ3) is 8.80. The Bertz CT molecular complexity index is 465. The molecule has 0 saturated carbocycles. The zero-order chi connectivity index (χ0) is 16.9. The molecule has 0 spiro atoms. The SMILES string of the molecule is COCC(=O)OCCC(COC(=O)COC)Nc1ccccc1. The summed E-state index contributed by atoms with van der Waals surface area (Å²) in [7, 11) is 2.85. The number of methoxy groups -OCH3 is 2. The van der Waals surface area contributed by atoms with E-state index < -0.39 is 11.9 Å². The van der Waals surface area contributed by atoms with E-state index in [1.54, 1.807) is 0 Å². The highest BCUT2D eigenvalue weighted by molar-refractivity contribution is 5.71. The molecule has 0 amide bonds. The fourth-order valence-electron chi connectivity index (χ4n) is 1.79. The molecular formula is C16H23NO6. The third-order valence-corrected chi connectivity index (χ3v) is 2.84. The number of carbonyl (C=O) groups excluding carboxylic acids is 2. The molecule has 23 heavy (non-hydrogen) atoms. The van der Waals surface area contributed by atoms with E-state index in [1.165, 1.54) is 14.2 Å². The van der Waals surface area contributed by atoms with Gasteiger partial charge in [-0.2, -0.15) is 0 Å². The summed E-state index contributed by atoms with van der Waals surface area (Å²) in [5.41, 5.74) is 0.892. The molecular weight excluding hydrogens is 302 g/mol. The first-order chi connectivity index (χ1) is 11.2.